The van der Waals surface area contributed by atoms with Crippen molar-refractivity contribution in [2.75, 3.05) is 13.1 Å². The fourth-order valence-corrected chi connectivity index (χ4v) is 1.92. The van der Waals surface area contributed by atoms with Gasteiger partial charge in [-0.15, -0.1) is 0 Å². The van der Waals surface area contributed by atoms with Gasteiger partial charge in [0.1, 0.15) is 0 Å². The van der Waals surface area contributed by atoms with E-state index in [0.717, 1.165) is 13.0 Å². The number of amides is 1. The quantitative estimate of drug-likeness (QED) is 0.670. The van der Waals surface area contributed by atoms with Crippen LogP contribution >= 0.6 is 0 Å². The van der Waals surface area contributed by atoms with Gasteiger partial charge in [0.05, 0.1) is 19.1 Å². The molecule has 2 aliphatic rings. The predicted molar refractivity (Wildman–Crippen MR) is 47.9 cm³/mol. The molecule has 0 radical (unpaired) electrons. The van der Waals surface area contributed by atoms with E-state index in [2.05, 4.69) is 5.32 Å². The summed E-state index contributed by atoms with van der Waals surface area (Å²) in [7, 11) is 0. The highest BCUT2D eigenvalue weighted by molar-refractivity contribution is 5.77. The molecule has 2 saturated heterocycles. The molecule has 0 bridgehead atoms. The van der Waals surface area contributed by atoms with Crippen molar-refractivity contribution in [2.24, 2.45) is 0 Å². The molecule has 13 heavy (non-hydrogen) atoms. The number of rotatable bonds is 2. The van der Waals surface area contributed by atoms with Crippen LogP contribution in [0.5, 0.6) is 0 Å². The van der Waals surface area contributed by atoms with Crippen molar-refractivity contribution in [2.45, 2.75) is 38.3 Å². The minimum atomic E-state index is 0.0638. The normalized spacial score (nSPS) is 34.5. The first kappa shape index (κ1) is 8.97. The maximum absolute atomic E-state index is 11.3. The van der Waals surface area contributed by atoms with Crippen LogP contribution in [0.1, 0.15) is 26.2 Å². The lowest BCUT2D eigenvalue weighted by atomic mass is 10.2. The highest BCUT2D eigenvalue weighted by atomic mass is 16.7. The van der Waals surface area contributed by atoms with Crippen molar-refractivity contribution in [3.8, 4) is 0 Å². The third-order valence-corrected chi connectivity index (χ3v) is 2.60. The number of carbonyl (C=O) groups excluding carboxylic acids is 1. The molecule has 2 aliphatic heterocycles. The molecular formula is C9H16N2O2. The van der Waals surface area contributed by atoms with E-state index in [0.29, 0.717) is 19.0 Å². The van der Waals surface area contributed by atoms with Gasteiger partial charge in [-0.05, 0) is 26.3 Å². The van der Waals surface area contributed by atoms with Crippen molar-refractivity contribution in [3.63, 3.8) is 0 Å². The summed E-state index contributed by atoms with van der Waals surface area (Å²) in [5, 5.41) is 4.87. The summed E-state index contributed by atoms with van der Waals surface area (Å²) in [6, 6.07) is 0.439. The SMILES string of the molecule is CC1CC(=O)N(CC2CCCN2)O1. The van der Waals surface area contributed by atoms with Gasteiger partial charge in [0.25, 0.3) is 0 Å². The summed E-state index contributed by atoms with van der Waals surface area (Å²) < 4.78 is 0. The monoisotopic (exact) mass is 184 g/mol. The molecule has 2 rings (SSSR count). The Labute approximate surface area is 78.2 Å². The lowest BCUT2D eigenvalue weighted by Crippen LogP contribution is -2.37. The summed E-state index contributed by atoms with van der Waals surface area (Å²) in [4.78, 5) is 16.7. The molecule has 0 aromatic heterocycles. The standard InChI is InChI=1S/C9H16N2O2/c1-7-5-9(12)11(13-7)6-8-3-2-4-10-8/h7-8,10H,2-6H2,1H3. The molecule has 4 nitrogen and oxygen atoms in total. The Morgan fingerprint density at radius 1 is 1.69 bits per heavy atom. The topological polar surface area (TPSA) is 41.6 Å². The summed E-state index contributed by atoms with van der Waals surface area (Å²) in [6.07, 6.45) is 2.96. The van der Waals surface area contributed by atoms with Crippen LogP contribution in [0.4, 0.5) is 0 Å². The first-order valence-corrected chi connectivity index (χ1v) is 4.96. The number of carbonyl (C=O) groups is 1. The molecule has 4 heteroatoms. The van der Waals surface area contributed by atoms with Gasteiger partial charge in [0, 0.05) is 6.04 Å². The van der Waals surface area contributed by atoms with E-state index in [4.69, 9.17) is 4.84 Å². The third-order valence-electron chi connectivity index (χ3n) is 2.60. The number of nitrogens with zero attached hydrogens (tertiary/aromatic N) is 1. The van der Waals surface area contributed by atoms with E-state index in [9.17, 15) is 4.79 Å². The van der Waals surface area contributed by atoms with Crippen LogP contribution in [0.3, 0.4) is 0 Å². The first-order valence-electron chi connectivity index (χ1n) is 4.96. The lowest BCUT2D eigenvalue weighted by molar-refractivity contribution is -0.172. The Kier molecular flexibility index (Phi) is 2.51. The minimum absolute atomic E-state index is 0.0638. The molecule has 2 unspecified atom stereocenters. The number of hydrogen-bond acceptors (Lipinski definition) is 3. The average Bonchev–Trinajstić information content (AvgIpc) is 2.63. The second kappa shape index (κ2) is 3.64. The molecule has 0 spiro atoms. The molecule has 2 fully saturated rings. The summed E-state index contributed by atoms with van der Waals surface area (Å²) in [5.41, 5.74) is 0. The van der Waals surface area contributed by atoms with Crippen molar-refractivity contribution >= 4 is 5.91 Å². The van der Waals surface area contributed by atoms with Crippen molar-refractivity contribution in [3.05, 3.63) is 0 Å². The van der Waals surface area contributed by atoms with Crippen molar-refractivity contribution in [1.29, 1.82) is 0 Å². The van der Waals surface area contributed by atoms with E-state index in [1.807, 2.05) is 6.92 Å². The Morgan fingerprint density at radius 2 is 2.54 bits per heavy atom. The largest absolute Gasteiger partial charge is 0.312 e. The lowest BCUT2D eigenvalue weighted by Gasteiger charge is -2.19. The Morgan fingerprint density at radius 3 is 3.08 bits per heavy atom. The Bertz CT molecular complexity index is 202. The highest BCUT2D eigenvalue weighted by Gasteiger charge is 2.30. The van der Waals surface area contributed by atoms with Gasteiger partial charge in [0.15, 0.2) is 0 Å². The zero-order valence-corrected chi connectivity index (χ0v) is 7.95. The smallest absolute Gasteiger partial charge is 0.248 e. The van der Waals surface area contributed by atoms with Gasteiger partial charge in [-0.3, -0.25) is 9.63 Å². The van der Waals surface area contributed by atoms with Gasteiger partial charge in [-0.1, -0.05) is 0 Å². The van der Waals surface area contributed by atoms with Crippen LogP contribution in [0.25, 0.3) is 0 Å². The third kappa shape index (κ3) is 2.00. The highest BCUT2D eigenvalue weighted by Crippen LogP contribution is 2.16. The average molecular weight is 184 g/mol. The van der Waals surface area contributed by atoms with Gasteiger partial charge >= 0.3 is 0 Å². The van der Waals surface area contributed by atoms with E-state index >= 15 is 0 Å². The van der Waals surface area contributed by atoms with E-state index < -0.39 is 0 Å². The second-order valence-corrected chi connectivity index (χ2v) is 3.87. The summed E-state index contributed by atoms with van der Waals surface area (Å²) in [6.45, 7) is 3.71. The van der Waals surface area contributed by atoms with E-state index in [1.54, 1.807) is 0 Å². The number of nitrogens with one attached hydrogen (secondary N) is 1. The fourth-order valence-electron chi connectivity index (χ4n) is 1.92. The van der Waals surface area contributed by atoms with Crippen molar-refractivity contribution < 1.29 is 9.63 Å². The van der Waals surface area contributed by atoms with E-state index in [-0.39, 0.29) is 12.0 Å². The minimum Gasteiger partial charge on any atom is -0.312 e. The number of hydrogen-bond donors (Lipinski definition) is 1. The van der Waals surface area contributed by atoms with Crippen LogP contribution < -0.4 is 5.32 Å². The summed E-state index contributed by atoms with van der Waals surface area (Å²) in [5.74, 6) is 0.126. The van der Waals surface area contributed by atoms with Gasteiger partial charge in [-0.2, -0.15) is 0 Å². The maximum Gasteiger partial charge on any atom is 0.248 e. The van der Waals surface area contributed by atoms with Gasteiger partial charge < -0.3 is 5.32 Å². The van der Waals surface area contributed by atoms with E-state index in [1.165, 1.54) is 11.5 Å². The van der Waals surface area contributed by atoms with Crippen LogP contribution in [-0.4, -0.2) is 36.2 Å². The molecule has 1 amide bonds. The zero-order valence-electron chi connectivity index (χ0n) is 7.95. The molecule has 0 aliphatic carbocycles. The number of hydroxylamine groups is 2. The molecule has 0 aromatic rings. The maximum atomic E-state index is 11.3. The molecule has 0 saturated carbocycles. The molecule has 74 valence electrons. The second-order valence-electron chi connectivity index (χ2n) is 3.87. The molecular weight excluding hydrogens is 168 g/mol. The predicted octanol–water partition coefficient (Wildman–Crippen LogP) is 0.291. The van der Waals surface area contributed by atoms with Crippen LogP contribution in [-0.2, 0) is 9.63 Å². The first-order chi connectivity index (χ1) is 6.25. The van der Waals surface area contributed by atoms with Crippen LogP contribution in [0.2, 0.25) is 0 Å². The van der Waals surface area contributed by atoms with Crippen molar-refractivity contribution in [1.82, 2.24) is 10.4 Å². The molecule has 0 aromatic carbocycles. The van der Waals surface area contributed by atoms with Gasteiger partial charge in [-0.25, -0.2) is 5.06 Å². The summed E-state index contributed by atoms with van der Waals surface area (Å²) >= 11 is 0. The molecule has 1 N–H and O–H groups in total. The molecule has 2 atom stereocenters. The zero-order chi connectivity index (χ0) is 9.26. The molecule has 2 heterocycles. The van der Waals surface area contributed by atoms with Crippen LogP contribution in [0.15, 0.2) is 0 Å². The van der Waals surface area contributed by atoms with Gasteiger partial charge in [0.2, 0.25) is 5.91 Å². The fraction of sp³-hybridized carbons (Fsp3) is 0.889. The Balaban J connectivity index is 1.83. The Hall–Kier alpha value is -0.610. The van der Waals surface area contributed by atoms with Crippen LogP contribution in [0, 0.1) is 0 Å².